The largest absolute Gasteiger partial charge is 0.454 e. The molecular weight excluding hydrogens is 332 g/mol. The van der Waals surface area contributed by atoms with Crippen LogP contribution in [-0.2, 0) is 6.54 Å². The third-order valence-electron chi connectivity index (χ3n) is 3.67. The first-order valence-corrected chi connectivity index (χ1v) is 8.22. The summed E-state index contributed by atoms with van der Waals surface area (Å²) in [6.45, 7) is 6.66. The highest BCUT2D eigenvalue weighted by Gasteiger charge is 2.18. The van der Waals surface area contributed by atoms with Crippen molar-refractivity contribution >= 4 is 15.9 Å². The van der Waals surface area contributed by atoms with E-state index in [1.807, 2.05) is 6.07 Å². The van der Waals surface area contributed by atoms with Gasteiger partial charge in [0, 0.05) is 19.1 Å². The van der Waals surface area contributed by atoms with Gasteiger partial charge in [0.2, 0.25) is 6.79 Å². The van der Waals surface area contributed by atoms with E-state index >= 15 is 0 Å². The van der Waals surface area contributed by atoms with E-state index in [4.69, 9.17) is 9.47 Å². The van der Waals surface area contributed by atoms with Crippen molar-refractivity contribution in [2.24, 2.45) is 5.92 Å². The van der Waals surface area contributed by atoms with Crippen LogP contribution in [0.2, 0.25) is 0 Å². The summed E-state index contributed by atoms with van der Waals surface area (Å²) in [5.41, 5.74) is 1.20. The molecule has 0 fully saturated rings. The Morgan fingerprint density at radius 3 is 2.71 bits per heavy atom. The van der Waals surface area contributed by atoms with Gasteiger partial charge in [-0.25, -0.2) is 0 Å². The van der Waals surface area contributed by atoms with Crippen LogP contribution in [0.4, 0.5) is 0 Å². The van der Waals surface area contributed by atoms with Gasteiger partial charge in [-0.1, -0.05) is 13.8 Å². The normalized spacial score (nSPS) is 15.0. The molecule has 1 aromatic carbocycles. The van der Waals surface area contributed by atoms with Crippen LogP contribution in [0, 0.1) is 5.92 Å². The second kappa shape index (κ2) is 7.47. The molecule has 118 valence electrons. The Morgan fingerprint density at radius 1 is 1.29 bits per heavy atom. The summed E-state index contributed by atoms with van der Waals surface area (Å²) in [5, 5.41) is 3.55. The first-order chi connectivity index (χ1) is 9.97. The van der Waals surface area contributed by atoms with Crippen LogP contribution in [0.15, 0.2) is 16.6 Å². The van der Waals surface area contributed by atoms with Gasteiger partial charge in [0.25, 0.3) is 0 Å². The molecule has 0 saturated heterocycles. The summed E-state index contributed by atoms with van der Waals surface area (Å²) in [7, 11) is 4.29. The summed E-state index contributed by atoms with van der Waals surface area (Å²) in [6.07, 6.45) is 1.20. The maximum Gasteiger partial charge on any atom is 0.231 e. The van der Waals surface area contributed by atoms with Crippen molar-refractivity contribution < 1.29 is 9.47 Å². The van der Waals surface area contributed by atoms with Gasteiger partial charge in [-0.15, -0.1) is 0 Å². The molecule has 2 rings (SSSR count). The van der Waals surface area contributed by atoms with Crippen molar-refractivity contribution in [2.45, 2.75) is 32.9 Å². The van der Waals surface area contributed by atoms with Gasteiger partial charge in [0.15, 0.2) is 11.5 Å². The topological polar surface area (TPSA) is 33.7 Å². The molecule has 1 unspecified atom stereocenters. The fraction of sp³-hybridized carbons (Fsp3) is 0.625. The Labute approximate surface area is 135 Å². The van der Waals surface area contributed by atoms with Crippen molar-refractivity contribution in [1.29, 1.82) is 0 Å². The number of halogens is 1. The summed E-state index contributed by atoms with van der Waals surface area (Å²) in [6, 6.07) is 4.70. The van der Waals surface area contributed by atoms with E-state index in [2.05, 4.69) is 60.2 Å². The van der Waals surface area contributed by atoms with Crippen LogP contribution in [-0.4, -0.2) is 38.4 Å². The molecule has 1 aliphatic rings. The average molecular weight is 357 g/mol. The van der Waals surface area contributed by atoms with E-state index in [-0.39, 0.29) is 0 Å². The summed E-state index contributed by atoms with van der Waals surface area (Å²) < 4.78 is 11.8. The van der Waals surface area contributed by atoms with Crippen LogP contribution < -0.4 is 14.8 Å². The van der Waals surface area contributed by atoms with E-state index in [1.54, 1.807) is 0 Å². The van der Waals surface area contributed by atoms with E-state index in [1.165, 1.54) is 12.0 Å². The molecule has 0 aromatic heterocycles. The summed E-state index contributed by atoms with van der Waals surface area (Å²) in [5.74, 6) is 2.34. The molecule has 1 heterocycles. The van der Waals surface area contributed by atoms with Crippen molar-refractivity contribution in [1.82, 2.24) is 10.2 Å². The van der Waals surface area contributed by atoms with Crippen LogP contribution in [0.3, 0.4) is 0 Å². The van der Waals surface area contributed by atoms with Gasteiger partial charge in [0.1, 0.15) is 0 Å². The van der Waals surface area contributed by atoms with E-state index in [9.17, 15) is 0 Å². The van der Waals surface area contributed by atoms with Gasteiger partial charge in [0.05, 0.1) is 4.47 Å². The zero-order valence-corrected chi connectivity index (χ0v) is 14.9. The Balaban J connectivity index is 1.89. The lowest BCUT2D eigenvalue weighted by Gasteiger charge is -2.26. The Kier molecular flexibility index (Phi) is 5.90. The van der Waals surface area contributed by atoms with E-state index in [0.29, 0.717) is 18.8 Å². The third kappa shape index (κ3) is 4.59. The van der Waals surface area contributed by atoms with Gasteiger partial charge < -0.3 is 19.7 Å². The van der Waals surface area contributed by atoms with Crippen LogP contribution >= 0.6 is 15.9 Å². The molecule has 0 amide bonds. The average Bonchev–Trinajstić information content (AvgIpc) is 2.85. The van der Waals surface area contributed by atoms with Crippen LogP contribution in [0.1, 0.15) is 25.8 Å². The molecule has 5 heteroatoms. The molecule has 4 nitrogen and oxygen atoms in total. The molecule has 1 aromatic rings. The number of hydrogen-bond acceptors (Lipinski definition) is 4. The van der Waals surface area contributed by atoms with Gasteiger partial charge in [-0.3, -0.25) is 0 Å². The first kappa shape index (κ1) is 16.6. The maximum absolute atomic E-state index is 5.45. The molecule has 21 heavy (non-hydrogen) atoms. The molecule has 1 atom stereocenters. The predicted molar refractivity (Wildman–Crippen MR) is 88.9 cm³/mol. The zero-order chi connectivity index (χ0) is 15.4. The predicted octanol–water partition coefficient (Wildman–Crippen LogP) is 3.24. The summed E-state index contributed by atoms with van der Waals surface area (Å²) >= 11 is 3.53. The fourth-order valence-corrected chi connectivity index (χ4v) is 3.13. The maximum atomic E-state index is 5.45. The number of ether oxygens (including phenoxy) is 2. The quantitative estimate of drug-likeness (QED) is 0.812. The van der Waals surface area contributed by atoms with Gasteiger partial charge >= 0.3 is 0 Å². The van der Waals surface area contributed by atoms with Gasteiger partial charge in [-0.05, 0) is 60.1 Å². The second-order valence-corrected chi connectivity index (χ2v) is 7.04. The standard InChI is InChI=1S/C16H25BrN2O2/c1-11(2)5-13(19(3)4)9-18-8-12-6-14(17)16-15(7-12)20-10-21-16/h6-7,11,13,18H,5,8-10H2,1-4H3. The van der Waals surface area contributed by atoms with Crippen molar-refractivity contribution in [3.63, 3.8) is 0 Å². The molecular formula is C16H25BrN2O2. The minimum atomic E-state index is 0.307. The van der Waals surface area contributed by atoms with Crippen LogP contribution in [0.5, 0.6) is 11.5 Å². The lowest BCUT2D eigenvalue weighted by atomic mass is 10.0. The summed E-state index contributed by atoms with van der Waals surface area (Å²) in [4.78, 5) is 2.29. The second-order valence-electron chi connectivity index (χ2n) is 6.19. The molecule has 1 N–H and O–H groups in total. The smallest absolute Gasteiger partial charge is 0.231 e. The SMILES string of the molecule is CC(C)CC(CNCc1cc(Br)c2c(c1)OCO2)N(C)C. The molecule has 0 saturated carbocycles. The zero-order valence-electron chi connectivity index (χ0n) is 13.3. The number of nitrogens with zero attached hydrogens (tertiary/aromatic N) is 1. The van der Waals surface area contributed by atoms with Crippen molar-refractivity contribution in [3.05, 3.63) is 22.2 Å². The van der Waals surface area contributed by atoms with E-state index in [0.717, 1.165) is 29.1 Å². The molecule has 0 spiro atoms. The first-order valence-electron chi connectivity index (χ1n) is 7.42. The number of rotatable bonds is 7. The molecule has 0 aliphatic carbocycles. The Bertz CT molecular complexity index is 478. The van der Waals surface area contributed by atoms with Crippen molar-refractivity contribution in [3.8, 4) is 11.5 Å². The highest BCUT2D eigenvalue weighted by atomic mass is 79.9. The highest BCUT2D eigenvalue weighted by Crippen LogP contribution is 2.39. The fourth-order valence-electron chi connectivity index (χ4n) is 2.53. The molecule has 0 bridgehead atoms. The number of likely N-dealkylation sites (N-methyl/N-ethyl adjacent to an activating group) is 1. The third-order valence-corrected chi connectivity index (χ3v) is 4.26. The monoisotopic (exact) mass is 356 g/mol. The Morgan fingerprint density at radius 2 is 2.05 bits per heavy atom. The van der Waals surface area contributed by atoms with Gasteiger partial charge in [-0.2, -0.15) is 0 Å². The molecule has 1 aliphatic heterocycles. The lowest BCUT2D eigenvalue weighted by molar-refractivity contribution is 0.173. The number of fused-ring (bicyclic) bond motifs is 1. The lowest BCUT2D eigenvalue weighted by Crippen LogP contribution is -2.38. The minimum Gasteiger partial charge on any atom is -0.454 e. The van der Waals surface area contributed by atoms with E-state index < -0.39 is 0 Å². The number of nitrogens with one attached hydrogen (secondary N) is 1. The molecule has 0 radical (unpaired) electrons. The number of hydrogen-bond donors (Lipinski definition) is 1. The highest BCUT2D eigenvalue weighted by molar-refractivity contribution is 9.10. The Hall–Kier alpha value is -0.780. The minimum absolute atomic E-state index is 0.307. The van der Waals surface area contributed by atoms with Crippen molar-refractivity contribution in [2.75, 3.05) is 27.4 Å². The number of benzene rings is 1. The van der Waals surface area contributed by atoms with Crippen LogP contribution in [0.25, 0.3) is 0 Å².